The van der Waals surface area contributed by atoms with Crippen LogP contribution in [0.15, 0.2) is 48.5 Å². The van der Waals surface area contributed by atoms with Crippen LogP contribution < -0.4 is 39.1 Å². The third-order valence-electron chi connectivity index (χ3n) is 4.77. The van der Waals surface area contributed by atoms with Crippen LogP contribution >= 0.6 is 0 Å². The second-order valence-corrected chi connectivity index (χ2v) is 6.70. The van der Waals surface area contributed by atoms with Crippen LogP contribution in [0, 0.1) is 0 Å². The highest BCUT2D eigenvalue weighted by Gasteiger charge is 2.18. The highest BCUT2D eigenvalue weighted by Crippen LogP contribution is 2.43. The van der Waals surface area contributed by atoms with Gasteiger partial charge in [-0.3, -0.25) is 0 Å². The fourth-order valence-electron chi connectivity index (χ4n) is 3.22. The zero-order valence-electron chi connectivity index (χ0n) is 17.8. The van der Waals surface area contributed by atoms with Gasteiger partial charge in [-0.2, -0.15) is 0 Å². The summed E-state index contributed by atoms with van der Waals surface area (Å²) in [7, 11) is 6.45. The molecule has 162 valence electrons. The van der Waals surface area contributed by atoms with E-state index in [1.54, 1.807) is 28.4 Å². The number of hydrogen-bond acceptors (Lipinski definition) is 8. The van der Waals surface area contributed by atoms with E-state index in [0.717, 1.165) is 22.7 Å². The number of rotatable bonds is 8. The molecule has 0 saturated carbocycles. The zero-order chi connectivity index (χ0) is 21.8. The van der Waals surface area contributed by atoms with Gasteiger partial charge in [0, 0.05) is 59.9 Å². The molecule has 8 nitrogen and oxygen atoms in total. The Hall–Kier alpha value is -3.94. The topological polar surface area (TPSA) is 79.4 Å². The summed E-state index contributed by atoms with van der Waals surface area (Å²) in [6.45, 7) is 0.179. The SMILES string of the molecule is COc1cc(Nc2cc3c(cc2Nc2cc(OC)cc(OC)c2)OCO3)cc(OC)c1. The molecule has 0 saturated heterocycles. The molecule has 0 unspecified atom stereocenters. The summed E-state index contributed by atoms with van der Waals surface area (Å²) < 4.78 is 32.6. The van der Waals surface area contributed by atoms with Gasteiger partial charge < -0.3 is 39.1 Å². The molecule has 0 radical (unpaired) electrons. The first-order valence-corrected chi connectivity index (χ1v) is 9.55. The molecule has 0 atom stereocenters. The van der Waals surface area contributed by atoms with Crippen molar-refractivity contribution in [1.82, 2.24) is 0 Å². The molecule has 0 fully saturated rings. The zero-order valence-corrected chi connectivity index (χ0v) is 17.8. The average Bonchev–Trinajstić information content (AvgIpc) is 3.25. The normalized spacial score (nSPS) is 11.6. The smallest absolute Gasteiger partial charge is 0.231 e. The molecule has 0 aromatic heterocycles. The number of ether oxygens (including phenoxy) is 6. The van der Waals surface area contributed by atoms with Crippen LogP contribution in [0.2, 0.25) is 0 Å². The van der Waals surface area contributed by atoms with E-state index in [2.05, 4.69) is 10.6 Å². The van der Waals surface area contributed by atoms with Gasteiger partial charge in [-0.1, -0.05) is 0 Å². The molecule has 3 aromatic carbocycles. The van der Waals surface area contributed by atoms with Crippen LogP contribution in [-0.2, 0) is 0 Å². The lowest BCUT2D eigenvalue weighted by molar-refractivity contribution is 0.174. The van der Waals surface area contributed by atoms with E-state index in [0.29, 0.717) is 34.5 Å². The van der Waals surface area contributed by atoms with Crippen molar-refractivity contribution >= 4 is 22.7 Å². The van der Waals surface area contributed by atoms with Crippen LogP contribution in [-0.4, -0.2) is 35.2 Å². The molecule has 1 heterocycles. The fraction of sp³-hybridized carbons (Fsp3) is 0.217. The summed E-state index contributed by atoms with van der Waals surface area (Å²) in [4.78, 5) is 0. The van der Waals surface area contributed by atoms with E-state index in [1.165, 1.54) is 0 Å². The molecule has 0 bridgehead atoms. The summed E-state index contributed by atoms with van der Waals surface area (Å²) in [6.07, 6.45) is 0. The average molecular weight is 424 g/mol. The van der Waals surface area contributed by atoms with Gasteiger partial charge in [-0.15, -0.1) is 0 Å². The molecule has 3 aromatic rings. The standard InChI is InChI=1S/C23H24N2O6/c1-26-16-5-14(6-17(9-16)27-2)24-20-11-22-23(31-13-30-22)12-21(20)25-15-7-18(28-3)10-19(8-15)29-4/h5-12,24-25H,13H2,1-4H3. The van der Waals surface area contributed by atoms with Gasteiger partial charge in [-0.05, 0) is 0 Å². The molecule has 1 aliphatic heterocycles. The Bertz CT molecular complexity index is 957. The summed E-state index contributed by atoms with van der Waals surface area (Å²) in [5.74, 6) is 4.02. The Balaban J connectivity index is 1.72. The Kier molecular flexibility index (Phi) is 5.79. The molecular weight excluding hydrogens is 400 g/mol. The number of anilines is 4. The molecule has 0 spiro atoms. The molecule has 2 N–H and O–H groups in total. The Morgan fingerprint density at radius 3 is 1.23 bits per heavy atom. The Morgan fingerprint density at radius 2 is 0.903 bits per heavy atom. The second kappa shape index (κ2) is 8.83. The third kappa shape index (κ3) is 4.48. The molecule has 0 aliphatic carbocycles. The van der Waals surface area contributed by atoms with Crippen molar-refractivity contribution in [3.8, 4) is 34.5 Å². The van der Waals surface area contributed by atoms with E-state index < -0.39 is 0 Å². The minimum Gasteiger partial charge on any atom is -0.497 e. The fourth-order valence-corrected chi connectivity index (χ4v) is 3.22. The van der Waals surface area contributed by atoms with Gasteiger partial charge in [0.1, 0.15) is 23.0 Å². The molecule has 31 heavy (non-hydrogen) atoms. The maximum Gasteiger partial charge on any atom is 0.231 e. The van der Waals surface area contributed by atoms with E-state index in [-0.39, 0.29) is 6.79 Å². The number of nitrogens with one attached hydrogen (secondary N) is 2. The lowest BCUT2D eigenvalue weighted by Crippen LogP contribution is -2.00. The van der Waals surface area contributed by atoms with Crippen molar-refractivity contribution < 1.29 is 28.4 Å². The van der Waals surface area contributed by atoms with E-state index in [4.69, 9.17) is 28.4 Å². The van der Waals surface area contributed by atoms with Crippen molar-refractivity contribution in [2.45, 2.75) is 0 Å². The van der Waals surface area contributed by atoms with Crippen LogP contribution in [0.4, 0.5) is 22.7 Å². The minimum absolute atomic E-state index is 0.179. The van der Waals surface area contributed by atoms with Crippen LogP contribution in [0.5, 0.6) is 34.5 Å². The van der Waals surface area contributed by atoms with Crippen LogP contribution in [0.3, 0.4) is 0 Å². The molecule has 8 heteroatoms. The summed E-state index contributed by atoms with van der Waals surface area (Å²) in [5, 5.41) is 6.82. The van der Waals surface area contributed by atoms with Gasteiger partial charge in [0.25, 0.3) is 0 Å². The third-order valence-corrected chi connectivity index (χ3v) is 4.77. The van der Waals surface area contributed by atoms with Crippen molar-refractivity contribution in [2.24, 2.45) is 0 Å². The van der Waals surface area contributed by atoms with E-state index in [9.17, 15) is 0 Å². The van der Waals surface area contributed by atoms with Crippen molar-refractivity contribution in [3.63, 3.8) is 0 Å². The highest BCUT2D eigenvalue weighted by atomic mass is 16.7. The van der Waals surface area contributed by atoms with Crippen molar-refractivity contribution in [3.05, 3.63) is 48.5 Å². The lowest BCUT2D eigenvalue weighted by atomic mass is 10.2. The number of fused-ring (bicyclic) bond motifs is 1. The molecule has 1 aliphatic rings. The number of hydrogen-bond donors (Lipinski definition) is 2. The maximum absolute atomic E-state index is 5.57. The maximum atomic E-state index is 5.57. The predicted molar refractivity (Wildman–Crippen MR) is 118 cm³/mol. The first-order valence-electron chi connectivity index (χ1n) is 9.55. The quantitative estimate of drug-likeness (QED) is 0.527. The van der Waals surface area contributed by atoms with E-state index in [1.807, 2.05) is 48.5 Å². The molecule has 4 rings (SSSR count). The van der Waals surface area contributed by atoms with Crippen LogP contribution in [0.1, 0.15) is 0 Å². The highest BCUT2D eigenvalue weighted by molar-refractivity contribution is 5.82. The molecule has 0 amide bonds. The first-order chi connectivity index (χ1) is 15.1. The van der Waals surface area contributed by atoms with Gasteiger partial charge >= 0.3 is 0 Å². The largest absolute Gasteiger partial charge is 0.497 e. The van der Waals surface area contributed by atoms with Gasteiger partial charge in [-0.25, -0.2) is 0 Å². The predicted octanol–water partition coefficient (Wildman–Crippen LogP) is 4.94. The summed E-state index contributed by atoms with van der Waals surface area (Å²) in [6, 6.07) is 14.9. The Morgan fingerprint density at radius 1 is 0.548 bits per heavy atom. The van der Waals surface area contributed by atoms with Crippen molar-refractivity contribution in [1.29, 1.82) is 0 Å². The van der Waals surface area contributed by atoms with Crippen molar-refractivity contribution in [2.75, 3.05) is 45.9 Å². The summed E-state index contributed by atoms with van der Waals surface area (Å²) in [5.41, 5.74) is 3.14. The minimum atomic E-state index is 0.179. The van der Waals surface area contributed by atoms with Gasteiger partial charge in [0.2, 0.25) is 6.79 Å². The number of benzene rings is 3. The monoisotopic (exact) mass is 424 g/mol. The molecular formula is C23H24N2O6. The lowest BCUT2D eigenvalue weighted by Gasteiger charge is -2.17. The van der Waals surface area contributed by atoms with E-state index >= 15 is 0 Å². The van der Waals surface area contributed by atoms with Gasteiger partial charge in [0.15, 0.2) is 11.5 Å². The Labute approximate surface area is 180 Å². The number of methoxy groups -OCH3 is 4. The first kappa shape index (κ1) is 20.3. The van der Waals surface area contributed by atoms with Gasteiger partial charge in [0.05, 0.1) is 39.8 Å². The second-order valence-electron chi connectivity index (χ2n) is 6.70. The van der Waals surface area contributed by atoms with Crippen LogP contribution in [0.25, 0.3) is 0 Å². The summed E-state index contributed by atoms with van der Waals surface area (Å²) >= 11 is 0.